The van der Waals surface area contributed by atoms with E-state index in [4.69, 9.17) is 9.84 Å². The molecule has 166 valence electrons. The van der Waals surface area contributed by atoms with E-state index in [9.17, 15) is 4.79 Å². The normalized spacial score (nSPS) is 16.2. The van der Waals surface area contributed by atoms with Gasteiger partial charge in [-0.2, -0.15) is 5.10 Å². The fraction of sp³-hybridized carbons (Fsp3) is 0.417. The van der Waals surface area contributed by atoms with Crippen molar-refractivity contribution in [3.8, 4) is 11.8 Å². The van der Waals surface area contributed by atoms with Crippen molar-refractivity contribution in [1.82, 2.24) is 29.5 Å². The highest BCUT2D eigenvalue weighted by molar-refractivity contribution is 5.94. The lowest BCUT2D eigenvalue weighted by molar-refractivity contribution is 0.0783. The van der Waals surface area contributed by atoms with Crippen LogP contribution in [0.4, 0.5) is 0 Å². The Morgan fingerprint density at radius 3 is 2.53 bits per heavy atom. The van der Waals surface area contributed by atoms with Crippen LogP contribution in [0.1, 0.15) is 47.1 Å². The van der Waals surface area contributed by atoms with Gasteiger partial charge in [-0.3, -0.25) is 14.4 Å². The van der Waals surface area contributed by atoms with E-state index >= 15 is 0 Å². The zero-order chi connectivity index (χ0) is 21.9. The molecule has 0 radical (unpaired) electrons. The molecule has 2 aliphatic heterocycles. The van der Waals surface area contributed by atoms with Crippen LogP contribution in [0.5, 0.6) is 11.8 Å². The van der Waals surface area contributed by atoms with E-state index in [2.05, 4.69) is 33.9 Å². The van der Waals surface area contributed by atoms with Gasteiger partial charge in [-0.15, -0.1) is 0 Å². The summed E-state index contributed by atoms with van der Waals surface area (Å²) >= 11 is 0. The number of hydrogen-bond donors (Lipinski definition) is 0. The predicted molar refractivity (Wildman–Crippen MR) is 119 cm³/mol. The summed E-state index contributed by atoms with van der Waals surface area (Å²) in [5.41, 5.74) is 4.18. The molecule has 3 aromatic rings. The molecule has 5 rings (SSSR count). The van der Waals surface area contributed by atoms with E-state index in [0.717, 1.165) is 64.1 Å². The molecular weight excluding hydrogens is 404 g/mol. The van der Waals surface area contributed by atoms with Crippen LogP contribution >= 0.6 is 0 Å². The number of likely N-dealkylation sites (tertiary alicyclic amines) is 1. The van der Waals surface area contributed by atoms with Crippen LogP contribution in [0.25, 0.3) is 0 Å². The van der Waals surface area contributed by atoms with E-state index in [-0.39, 0.29) is 5.91 Å². The number of aromatic nitrogens is 4. The SMILES string of the molecule is CCn1nc(C(=O)N2CCCC2)c2c1CCN(Cc1ccc(Oc3ncccn3)cc1)C2. The van der Waals surface area contributed by atoms with Crippen LogP contribution in [0, 0.1) is 0 Å². The number of benzene rings is 1. The molecule has 0 aliphatic carbocycles. The number of carbonyl (C=O) groups excluding carboxylic acids is 1. The smallest absolute Gasteiger partial charge is 0.321 e. The Balaban J connectivity index is 1.29. The van der Waals surface area contributed by atoms with E-state index in [1.807, 2.05) is 21.7 Å². The van der Waals surface area contributed by atoms with Crippen LogP contribution in [0.2, 0.25) is 0 Å². The Hall–Kier alpha value is -3.26. The number of fused-ring (bicyclic) bond motifs is 1. The third kappa shape index (κ3) is 4.23. The zero-order valence-corrected chi connectivity index (χ0v) is 18.4. The van der Waals surface area contributed by atoms with Gasteiger partial charge >= 0.3 is 6.01 Å². The second-order valence-electron chi connectivity index (χ2n) is 8.33. The van der Waals surface area contributed by atoms with Crippen LogP contribution < -0.4 is 4.74 Å². The molecule has 0 atom stereocenters. The van der Waals surface area contributed by atoms with Gasteiger partial charge in [0.05, 0.1) is 0 Å². The minimum absolute atomic E-state index is 0.0948. The Morgan fingerprint density at radius 1 is 1.06 bits per heavy atom. The lowest BCUT2D eigenvalue weighted by atomic mass is 10.0. The standard InChI is InChI=1S/C24H28N6O2/c1-2-30-21-10-15-28(17-20(21)22(27-30)23(31)29-13-3-4-14-29)16-18-6-8-19(9-7-18)32-24-25-11-5-12-26-24/h5-9,11-12H,2-4,10,13-17H2,1H3. The minimum Gasteiger partial charge on any atom is -0.424 e. The van der Waals surface area contributed by atoms with E-state index in [0.29, 0.717) is 17.5 Å². The average Bonchev–Trinajstić information content (AvgIpc) is 3.49. The van der Waals surface area contributed by atoms with Crippen LogP contribution in [-0.4, -0.2) is 55.1 Å². The summed E-state index contributed by atoms with van der Waals surface area (Å²) in [7, 11) is 0. The monoisotopic (exact) mass is 432 g/mol. The van der Waals surface area contributed by atoms with Gasteiger partial charge < -0.3 is 9.64 Å². The molecule has 2 aliphatic rings. The third-order valence-electron chi connectivity index (χ3n) is 6.19. The zero-order valence-electron chi connectivity index (χ0n) is 18.4. The van der Waals surface area contributed by atoms with Crippen LogP contribution in [0.3, 0.4) is 0 Å². The van der Waals surface area contributed by atoms with E-state index in [1.54, 1.807) is 18.5 Å². The number of amides is 1. The molecule has 1 fully saturated rings. The maximum absolute atomic E-state index is 13.1. The maximum Gasteiger partial charge on any atom is 0.321 e. The molecular formula is C24H28N6O2. The highest BCUT2D eigenvalue weighted by Crippen LogP contribution is 2.26. The number of carbonyl (C=O) groups is 1. The summed E-state index contributed by atoms with van der Waals surface area (Å²) in [6.45, 7) is 7.09. The predicted octanol–water partition coefficient (Wildman–Crippen LogP) is 3.28. The lowest BCUT2D eigenvalue weighted by Crippen LogP contribution is -2.33. The lowest BCUT2D eigenvalue weighted by Gasteiger charge is -2.28. The van der Waals surface area contributed by atoms with Gasteiger partial charge in [0.1, 0.15) is 5.75 Å². The largest absolute Gasteiger partial charge is 0.424 e. The Morgan fingerprint density at radius 2 is 1.81 bits per heavy atom. The molecule has 32 heavy (non-hydrogen) atoms. The Labute approximate surface area is 187 Å². The molecule has 8 heteroatoms. The number of ether oxygens (including phenoxy) is 1. The van der Waals surface area contributed by atoms with E-state index in [1.165, 1.54) is 11.3 Å². The number of nitrogens with zero attached hydrogens (tertiary/aromatic N) is 6. The van der Waals surface area contributed by atoms with Crippen molar-refractivity contribution >= 4 is 5.91 Å². The van der Waals surface area contributed by atoms with Gasteiger partial charge in [0.15, 0.2) is 5.69 Å². The summed E-state index contributed by atoms with van der Waals surface area (Å²) in [5.74, 6) is 0.807. The number of hydrogen-bond acceptors (Lipinski definition) is 6. The van der Waals surface area contributed by atoms with E-state index < -0.39 is 0 Å². The van der Waals surface area contributed by atoms with Gasteiger partial charge in [0, 0.05) is 69.3 Å². The summed E-state index contributed by atoms with van der Waals surface area (Å²) in [4.78, 5) is 25.6. The molecule has 1 saturated heterocycles. The summed E-state index contributed by atoms with van der Waals surface area (Å²) in [5, 5.41) is 4.72. The molecule has 2 aromatic heterocycles. The molecule has 4 heterocycles. The molecule has 0 spiro atoms. The van der Waals surface area contributed by atoms with Crippen molar-refractivity contribution in [2.24, 2.45) is 0 Å². The fourth-order valence-corrected chi connectivity index (χ4v) is 4.55. The first-order valence-corrected chi connectivity index (χ1v) is 11.3. The van der Waals surface area contributed by atoms with Crippen LogP contribution in [-0.2, 0) is 26.1 Å². The molecule has 0 saturated carbocycles. The highest BCUT2D eigenvalue weighted by atomic mass is 16.5. The van der Waals surface area contributed by atoms with Gasteiger partial charge in [-0.1, -0.05) is 12.1 Å². The first kappa shape index (κ1) is 20.6. The van der Waals surface area contributed by atoms with Gasteiger partial charge in [-0.25, -0.2) is 9.97 Å². The minimum atomic E-state index is 0.0948. The highest BCUT2D eigenvalue weighted by Gasteiger charge is 2.31. The number of aryl methyl sites for hydroxylation is 1. The van der Waals surface area contributed by atoms with Gasteiger partial charge in [-0.05, 0) is 43.5 Å². The quantitative estimate of drug-likeness (QED) is 0.595. The van der Waals surface area contributed by atoms with Crippen molar-refractivity contribution in [1.29, 1.82) is 0 Å². The average molecular weight is 433 g/mol. The Bertz CT molecular complexity index is 1070. The molecule has 0 unspecified atom stereocenters. The van der Waals surface area contributed by atoms with Crippen LogP contribution in [0.15, 0.2) is 42.7 Å². The summed E-state index contributed by atoms with van der Waals surface area (Å²) < 4.78 is 7.71. The summed E-state index contributed by atoms with van der Waals surface area (Å²) in [6, 6.07) is 10.1. The van der Waals surface area contributed by atoms with Crippen molar-refractivity contribution in [2.75, 3.05) is 19.6 Å². The molecule has 1 amide bonds. The third-order valence-corrected chi connectivity index (χ3v) is 6.19. The first-order chi connectivity index (χ1) is 15.7. The molecule has 0 bridgehead atoms. The molecule has 1 aromatic carbocycles. The maximum atomic E-state index is 13.1. The van der Waals surface area contributed by atoms with Crippen molar-refractivity contribution in [3.05, 3.63) is 65.2 Å². The first-order valence-electron chi connectivity index (χ1n) is 11.3. The van der Waals surface area contributed by atoms with Gasteiger partial charge in [0.2, 0.25) is 0 Å². The topological polar surface area (TPSA) is 76.4 Å². The number of rotatable bonds is 6. The Kier molecular flexibility index (Phi) is 5.85. The van der Waals surface area contributed by atoms with Gasteiger partial charge in [0.25, 0.3) is 5.91 Å². The van der Waals surface area contributed by atoms with Crippen molar-refractivity contribution < 1.29 is 9.53 Å². The van der Waals surface area contributed by atoms with Crippen molar-refractivity contribution in [2.45, 2.75) is 45.8 Å². The second kappa shape index (κ2) is 9.08. The second-order valence-corrected chi connectivity index (χ2v) is 8.33. The summed E-state index contributed by atoms with van der Waals surface area (Å²) in [6.07, 6.45) is 6.40. The molecule has 0 N–H and O–H groups in total. The molecule has 8 nitrogen and oxygen atoms in total. The fourth-order valence-electron chi connectivity index (χ4n) is 4.55. The van der Waals surface area contributed by atoms with Crippen molar-refractivity contribution in [3.63, 3.8) is 0 Å².